The van der Waals surface area contributed by atoms with Crippen molar-refractivity contribution >= 4 is 34.2 Å². The fourth-order valence-corrected chi connectivity index (χ4v) is 3.46. The van der Waals surface area contributed by atoms with Crippen LogP contribution in [0.25, 0.3) is 26.9 Å². The molecule has 0 fully saturated rings. The smallest absolute Gasteiger partial charge is 0.257 e. The summed E-state index contributed by atoms with van der Waals surface area (Å²) in [5, 5.41) is 7.53. The molecule has 5 N–H and O–H groups in total. The van der Waals surface area contributed by atoms with Gasteiger partial charge in [-0.15, -0.1) is 5.10 Å². The van der Waals surface area contributed by atoms with Crippen LogP contribution in [-0.2, 0) is 11.3 Å². The summed E-state index contributed by atoms with van der Waals surface area (Å²) in [4.78, 5) is 29.1. The number of nitrogen functional groups attached to an aromatic ring is 1. The second-order valence-corrected chi connectivity index (χ2v) is 6.60. The van der Waals surface area contributed by atoms with Crippen LogP contribution in [0.15, 0.2) is 42.5 Å². The number of nitrogens with two attached hydrogens (primary N) is 2. The second-order valence-electron chi connectivity index (χ2n) is 6.60. The Bertz CT molecular complexity index is 1220. The van der Waals surface area contributed by atoms with E-state index in [9.17, 15) is 9.59 Å². The van der Waals surface area contributed by atoms with E-state index >= 15 is 0 Å². The maximum absolute atomic E-state index is 12.8. The normalized spacial score (nSPS) is 12.8. The maximum atomic E-state index is 12.8. The molecule has 1 aliphatic rings. The molecule has 1 aliphatic heterocycles. The van der Waals surface area contributed by atoms with Gasteiger partial charge in [0, 0.05) is 23.2 Å². The van der Waals surface area contributed by atoms with Crippen molar-refractivity contribution < 1.29 is 9.59 Å². The van der Waals surface area contributed by atoms with E-state index in [0.717, 1.165) is 16.7 Å². The predicted octanol–water partition coefficient (Wildman–Crippen LogP) is 2.36. The molecule has 2 amide bonds. The number of nitrogens with zero attached hydrogens (tertiary/aromatic N) is 3. The van der Waals surface area contributed by atoms with Gasteiger partial charge >= 0.3 is 0 Å². The molecular formula is C20H16N6O2. The molecule has 0 spiro atoms. The number of rotatable bonds is 4. The molecule has 3 aromatic rings. The summed E-state index contributed by atoms with van der Waals surface area (Å²) < 4.78 is 0. The molecule has 1 aromatic heterocycles. The van der Waals surface area contributed by atoms with Crippen molar-refractivity contribution in [2.75, 3.05) is 12.3 Å². The lowest BCUT2D eigenvalue weighted by Gasteiger charge is -2.15. The van der Waals surface area contributed by atoms with Gasteiger partial charge in [0.25, 0.3) is 11.7 Å². The Balaban J connectivity index is 1.81. The molecule has 0 aliphatic carbocycles. The van der Waals surface area contributed by atoms with Crippen molar-refractivity contribution in [3.8, 4) is 11.1 Å². The Morgan fingerprint density at radius 1 is 1.36 bits per heavy atom. The van der Waals surface area contributed by atoms with E-state index < -0.39 is 5.91 Å². The van der Waals surface area contributed by atoms with E-state index in [1.807, 2.05) is 24.3 Å². The minimum Gasteiger partial charge on any atom is -0.398 e. The number of hydrogen-bond acceptors (Lipinski definition) is 4. The zero-order valence-electron chi connectivity index (χ0n) is 14.8. The van der Waals surface area contributed by atoms with E-state index in [-0.39, 0.29) is 18.0 Å². The molecule has 8 heteroatoms. The number of carbonyl (C=O) groups excluding carboxylic acids is 2. The quantitative estimate of drug-likeness (QED) is 0.369. The highest BCUT2D eigenvalue weighted by molar-refractivity contribution is 6.06. The largest absolute Gasteiger partial charge is 0.398 e. The third-order valence-electron chi connectivity index (χ3n) is 4.88. The van der Waals surface area contributed by atoms with Gasteiger partial charge in [-0.2, -0.15) is 0 Å². The van der Waals surface area contributed by atoms with E-state index in [0.29, 0.717) is 34.5 Å². The highest BCUT2D eigenvalue weighted by Gasteiger charge is 2.32. The topological polar surface area (TPSA) is 122 Å². The van der Waals surface area contributed by atoms with Crippen LogP contribution in [0.2, 0.25) is 0 Å². The van der Waals surface area contributed by atoms with Gasteiger partial charge in [0.15, 0.2) is 0 Å². The van der Waals surface area contributed by atoms with Gasteiger partial charge in [0.05, 0.1) is 12.1 Å². The van der Waals surface area contributed by atoms with Crippen molar-refractivity contribution in [3.05, 3.63) is 65.0 Å². The summed E-state index contributed by atoms with van der Waals surface area (Å²) in [6.45, 7) is 11.2. The number of nitrogens with one attached hydrogen (secondary N) is 1. The molecule has 138 valence electrons. The summed E-state index contributed by atoms with van der Waals surface area (Å²) in [5.74, 6) is -0.545. The first-order chi connectivity index (χ1) is 13.4. The number of carbonyl (C=O) groups is 2. The molecule has 4 rings (SSSR count). The Kier molecular flexibility index (Phi) is 3.86. The maximum Gasteiger partial charge on any atom is 0.257 e. The van der Waals surface area contributed by atoms with Crippen LogP contribution in [0.1, 0.15) is 15.9 Å². The fraction of sp³-hybridized carbons (Fsp3) is 0.100. The lowest BCUT2D eigenvalue weighted by atomic mass is 9.95. The van der Waals surface area contributed by atoms with E-state index in [1.165, 1.54) is 4.90 Å². The lowest BCUT2D eigenvalue weighted by molar-refractivity contribution is -0.114. The van der Waals surface area contributed by atoms with Gasteiger partial charge in [-0.3, -0.25) is 9.59 Å². The van der Waals surface area contributed by atoms with Crippen molar-refractivity contribution in [1.29, 1.82) is 0 Å². The SMILES string of the molecule is [C-]#[N+]c1[nH]nc2ccc(-c3ccc(N)c4c3CN(CC(=C)C(N)=O)C4=O)cc12. The molecule has 0 bridgehead atoms. The van der Waals surface area contributed by atoms with Crippen molar-refractivity contribution in [3.63, 3.8) is 0 Å². The number of aromatic nitrogens is 2. The van der Waals surface area contributed by atoms with Gasteiger partial charge in [-0.05, 0) is 28.8 Å². The van der Waals surface area contributed by atoms with E-state index in [1.54, 1.807) is 6.07 Å². The molecule has 2 aromatic carbocycles. The minimum atomic E-state index is -0.644. The molecule has 8 nitrogen and oxygen atoms in total. The van der Waals surface area contributed by atoms with Gasteiger partial charge in [-0.25, -0.2) is 5.10 Å². The van der Waals surface area contributed by atoms with E-state index in [2.05, 4.69) is 21.6 Å². The lowest BCUT2D eigenvalue weighted by Crippen LogP contribution is -2.30. The number of aromatic amines is 1. The summed E-state index contributed by atoms with van der Waals surface area (Å²) in [6.07, 6.45) is 0. The fourth-order valence-electron chi connectivity index (χ4n) is 3.46. The second kappa shape index (κ2) is 6.25. The number of benzene rings is 2. The van der Waals surface area contributed by atoms with E-state index in [4.69, 9.17) is 18.0 Å². The molecule has 28 heavy (non-hydrogen) atoms. The third-order valence-corrected chi connectivity index (χ3v) is 4.88. The molecule has 0 unspecified atom stereocenters. The molecule has 0 radical (unpaired) electrons. The van der Waals surface area contributed by atoms with Crippen LogP contribution in [0.3, 0.4) is 0 Å². The molecule has 0 saturated carbocycles. The average molecular weight is 372 g/mol. The Labute approximate surface area is 160 Å². The highest BCUT2D eigenvalue weighted by Crippen LogP contribution is 2.38. The van der Waals surface area contributed by atoms with Crippen LogP contribution in [0, 0.1) is 6.57 Å². The van der Waals surface area contributed by atoms with Crippen LogP contribution in [0.5, 0.6) is 0 Å². The Hall–Kier alpha value is -4.12. The monoisotopic (exact) mass is 372 g/mol. The molecule has 2 heterocycles. The number of H-pyrrole nitrogens is 1. The van der Waals surface area contributed by atoms with Crippen LogP contribution in [-0.4, -0.2) is 33.5 Å². The van der Waals surface area contributed by atoms with Crippen molar-refractivity contribution in [1.82, 2.24) is 15.1 Å². The van der Waals surface area contributed by atoms with Crippen molar-refractivity contribution in [2.45, 2.75) is 6.54 Å². The van der Waals surface area contributed by atoms with Gasteiger partial charge in [-0.1, -0.05) is 31.4 Å². The first-order valence-electron chi connectivity index (χ1n) is 8.45. The standard InChI is InChI=1S/C20H16N6O2/c1-10(18(22)27)8-26-9-14-12(4-5-15(21)17(14)20(26)28)11-3-6-16-13(7-11)19(23-2)25-24-16/h3-7H,1,8-9,21H2,(H2,22,27)(H,24,25). The average Bonchev–Trinajstić information content (AvgIpc) is 3.23. The third kappa shape index (κ3) is 2.57. The number of fused-ring (bicyclic) bond motifs is 2. The van der Waals surface area contributed by atoms with Gasteiger partial charge in [0.1, 0.15) is 5.52 Å². The number of anilines is 1. The zero-order chi connectivity index (χ0) is 20.0. The molecule has 0 saturated heterocycles. The molecule has 0 atom stereocenters. The zero-order valence-corrected chi connectivity index (χ0v) is 14.8. The minimum absolute atomic E-state index is 0.0460. The van der Waals surface area contributed by atoms with Crippen LogP contribution in [0.4, 0.5) is 11.5 Å². The van der Waals surface area contributed by atoms with Gasteiger partial charge < -0.3 is 21.2 Å². The first kappa shape index (κ1) is 17.3. The number of amides is 2. The number of primary amides is 1. The number of hydrogen-bond donors (Lipinski definition) is 3. The van der Waals surface area contributed by atoms with Gasteiger partial charge in [0.2, 0.25) is 5.91 Å². The Morgan fingerprint density at radius 2 is 2.14 bits per heavy atom. The van der Waals surface area contributed by atoms with Crippen molar-refractivity contribution in [2.24, 2.45) is 5.73 Å². The first-order valence-corrected chi connectivity index (χ1v) is 8.45. The summed E-state index contributed by atoms with van der Waals surface area (Å²) in [6, 6.07) is 9.12. The predicted molar refractivity (Wildman–Crippen MR) is 105 cm³/mol. The molecular weight excluding hydrogens is 356 g/mol. The van der Waals surface area contributed by atoms with Crippen LogP contribution >= 0.6 is 0 Å². The highest BCUT2D eigenvalue weighted by atomic mass is 16.2. The summed E-state index contributed by atoms with van der Waals surface area (Å²) in [5.41, 5.74) is 15.4. The van der Waals surface area contributed by atoms with Crippen LogP contribution < -0.4 is 11.5 Å². The summed E-state index contributed by atoms with van der Waals surface area (Å²) in [7, 11) is 0. The Morgan fingerprint density at radius 3 is 2.86 bits per heavy atom. The summed E-state index contributed by atoms with van der Waals surface area (Å²) >= 11 is 0.